The first-order valence-electron chi connectivity index (χ1n) is 15.9. The van der Waals surface area contributed by atoms with E-state index in [-0.39, 0.29) is 17.6 Å². The van der Waals surface area contributed by atoms with E-state index in [1.165, 1.54) is 18.3 Å². The van der Waals surface area contributed by atoms with Crippen LogP contribution >= 0.6 is 11.3 Å². The van der Waals surface area contributed by atoms with Crippen LogP contribution in [-0.2, 0) is 21.4 Å². The van der Waals surface area contributed by atoms with E-state index in [4.69, 9.17) is 0 Å². The molecule has 10 heteroatoms. The smallest absolute Gasteiger partial charge is 0.325 e. The molecule has 0 fully saturated rings. The summed E-state index contributed by atoms with van der Waals surface area (Å²) in [5.41, 5.74) is 5.98. The van der Waals surface area contributed by atoms with Crippen LogP contribution in [0.5, 0.6) is 0 Å². The summed E-state index contributed by atoms with van der Waals surface area (Å²) in [6.45, 7) is 9.11. The van der Waals surface area contributed by atoms with Gasteiger partial charge in [-0.05, 0) is 53.6 Å². The first-order chi connectivity index (χ1) is 23.3. The molecule has 5 rings (SSSR count). The lowest BCUT2D eigenvalue weighted by molar-refractivity contribution is -0.141. The number of aliphatic carboxylic acids is 1. The van der Waals surface area contributed by atoms with E-state index in [1.807, 2.05) is 78.9 Å². The van der Waals surface area contributed by atoms with Gasteiger partial charge in [0.25, 0.3) is 5.91 Å². The van der Waals surface area contributed by atoms with Crippen molar-refractivity contribution in [1.82, 2.24) is 20.6 Å². The molecular formula is C39H38N4O5S. The van der Waals surface area contributed by atoms with Crippen molar-refractivity contribution in [2.75, 3.05) is 0 Å². The van der Waals surface area contributed by atoms with Crippen molar-refractivity contribution in [3.63, 3.8) is 0 Å². The third-order valence-corrected chi connectivity index (χ3v) is 9.58. The Morgan fingerprint density at radius 3 is 1.78 bits per heavy atom. The van der Waals surface area contributed by atoms with Gasteiger partial charge in [0.1, 0.15) is 12.1 Å². The lowest BCUT2D eigenvalue weighted by Gasteiger charge is -2.20. The van der Waals surface area contributed by atoms with Gasteiger partial charge in [-0.15, -0.1) is 11.3 Å². The summed E-state index contributed by atoms with van der Waals surface area (Å²) in [6.07, 6.45) is 3.68. The third-order valence-electron chi connectivity index (χ3n) is 8.07. The van der Waals surface area contributed by atoms with Crippen LogP contribution in [0.1, 0.15) is 65.1 Å². The third kappa shape index (κ3) is 8.71. The zero-order chi connectivity index (χ0) is 35.3. The number of carbonyl (C=O) groups is 4. The van der Waals surface area contributed by atoms with Crippen molar-refractivity contribution in [2.24, 2.45) is 0 Å². The Hall–Kier alpha value is -5.48. The molecule has 0 spiro atoms. The van der Waals surface area contributed by atoms with Crippen molar-refractivity contribution in [3.05, 3.63) is 118 Å². The van der Waals surface area contributed by atoms with Crippen LogP contribution in [0.2, 0.25) is 0 Å². The Morgan fingerprint density at radius 2 is 1.27 bits per heavy atom. The van der Waals surface area contributed by atoms with Crippen molar-refractivity contribution in [2.45, 2.75) is 58.5 Å². The highest BCUT2D eigenvalue weighted by atomic mass is 32.1. The predicted molar refractivity (Wildman–Crippen MR) is 192 cm³/mol. The van der Waals surface area contributed by atoms with Gasteiger partial charge in [-0.25, -0.2) is 9.97 Å². The Labute approximate surface area is 289 Å². The van der Waals surface area contributed by atoms with E-state index in [0.29, 0.717) is 16.3 Å². The number of thiophene rings is 1. The number of amides is 2. The molecule has 49 heavy (non-hydrogen) atoms. The summed E-state index contributed by atoms with van der Waals surface area (Å²) < 4.78 is 0. The SMILES string of the molecule is CC(=O)c1ccc(-c2ccc(-c3cnc(-c4ccc(C[C@H](NC(=O)c5ccc(C(C)(C)C)s5)C(=O)N[C@H](C)C(=O)O)cc4)nc3)cc2)cc1. The lowest BCUT2D eigenvalue weighted by atomic mass is 9.95. The number of hydrogen-bond donors (Lipinski definition) is 3. The number of carboxylic acids is 1. The van der Waals surface area contributed by atoms with Crippen LogP contribution in [0.3, 0.4) is 0 Å². The largest absolute Gasteiger partial charge is 0.480 e. The Bertz CT molecular complexity index is 1960. The molecule has 0 aliphatic carbocycles. The average Bonchev–Trinajstić information content (AvgIpc) is 3.60. The quantitative estimate of drug-likeness (QED) is 0.129. The van der Waals surface area contributed by atoms with Gasteiger partial charge >= 0.3 is 5.97 Å². The lowest BCUT2D eigenvalue weighted by Crippen LogP contribution is -2.51. The van der Waals surface area contributed by atoms with Gasteiger partial charge in [0, 0.05) is 40.4 Å². The molecule has 3 aromatic carbocycles. The van der Waals surface area contributed by atoms with Crippen LogP contribution in [-0.4, -0.2) is 50.7 Å². The number of benzene rings is 3. The van der Waals surface area contributed by atoms with Gasteiger partial charge in [-0.2, -0.15) is 0 Å². The minimum absolute atomic E-state index is 0.0359. The van der Waals surface area contributed by atoms with Gasteiger partial charge in [0.05, 0.1) is 4.88 Å². The van der Waals surface area contributed by atoms with Gasteiger partial charge in [-0.1, -0.05) is 93.6 Å². The topological polar surface area (TPSA) is 138 Å². The van der Waals surface area contributed by atoms with E-state index in [9.17, 15) is 24.3 Å². The molecule has 0 saturated heterocycles. The maximum Gasteiger partial charge on any atom is 0.325 e. The molecule has 2 heterocycles. The molecule has 9 nitrogen and oxygen atoms in total. The summed E-state index contributed by atoms with van der Waals surface area (Å²) in [5.74, 6) is -1.59. The fourth-order valence-corrected chi connectivity index (χ4v) is 6.05. The molecule has 2 amide bonds. The molecule has 2 aromatic heterocycles. The number of Topliss-reactive ketones (excluding diaryl/α,β-unsaturated/α-hetero) is 1. The second kappa shape index (κ2) is 14.7. The molecular weight excluding hydrogens is 637 g/mol. The van der Waals surface area contributed by atoms with E-state index in [2.05, 4.69) is 41.4 Å². The Kier molecular flexibility index (Phi) is 10.5. The molecule has 0 unspecified atom stereocenters. The number of nitrogens with one attached hydrogen (secondary N) is 2. The minimum atomic E-state index is -1.17. The highest BCUT2D eigenvalue weighted by molar-refractivity contribution is 7.14. The maximum atomic E-state index is 13.2. The molecule has 5 aromatic rings. The van der Waals surface area contributed by atoms with Crippen LogP contribution in [0.15, 0.2) is 97.3 Å². The van der Waals surface area contributed by atoms with Gasteiger partial charge in [-0.3, -0.25) is 19.2 Å². The highest BCUT2D eigenvalue weighted by Gasteiger charge is 2.26. The van der Waals surface area contributed by atoms with Crippen molar-refractivity contribution < 1.29 is 24.3 Å². The molecule has 0 radical (unpaired) electrons. The monoisotopic (exact) mass is 674 g/mol. The van der Waals surface area contributed by atoms with Gasteiger partial charge in [0.2, 0.25) is 5.91 Å². The highest BCUT2D eigenvalue weighted by Crippen LogP contribution is 2.30. The van der Waals surface area contributed by atoms with Crippen LogP contribution in [0.4, 0.5) is 0 Å². The maximum absolute atomic E-state index is 13.2. The molecule has 0 aliphatic heterocycles. The van der Waals surface area contributed by atoms with E-state index in [0.717, 1.165) is 38.3 Å². The van der Waals surface area contributed by atoms with E-state index >= 15 is 0 Å². The number of aromatic nitrogens is 2. The second-order valence-electron chi connectivity index (χ2n) is 12.9. The predicted octanol–water partition coefficient (Wildman–Crippen LogP) is 6.97. The zero-order valence-corrected chi connectivity index (χ0v) is 28.8. The van der Waals surface area contributed by atoms with Crippen molar-refractivity contribution in [1.29, 1.82) is 0 Å². The Morgan fingerprint density at radius 1 is 0.735 bits per heavy atom. The standard InChI is InChI=1S/C39H38N4O5S/c1-23(38(47)48)42-36(45)32(43-37(46)33-18-19-34(49-33)39(3,4)5)20-25-6-8-30(9-7-25)35-40-21-31(22-41-35)29-16-14-28(15-17-29)27-12-10-26(11-13-27)24(2)44/h6-19,21-23,32H,20H2,1-5H3,(H,42,45)(H,43,46)(H,47,48)/t23-,32+/m1/s1. The summed E-state index contributed by atoms with van der Waals surface area (Å²) in [4.78, 5) is 59.9. The zero-order valence-electron chi connectivity index (χ0n) is 28.0. The van der Waals surface area contributed by atoms with Gasteiger partial charge < -0.3 is 15.7 Å². The number of nitrogens with zero attached hydrogens (tertiary/aromatic N) is 2. The number of carboxylic acid groups (broad SMARTS) is 1. The van der Waals surface area contributed by atoms with Crippen LogP contribution in [0, 0.1) is 0 Å². The number of ketones is 1. The van der Waals surface area contributed by atoms with E-state index in [1.54, 1.807) is 25.4 Å². The van der Waals surface area contributed by atoms with Crippen molar-refractivity contribution in [3.8, 4) is 33.6 Å². The summed E-state index contributed by atoms with van der Waals surface area (Å²) in [5, 5.41) is 14.6. The minimum Gasteiger partial charge on any atom is -0.480 e. The fourth-order valence-electron chi connectivity index (χ4n) is 5.08. The summed E-state index contributed by atoms with van der Waals surface area (Å²) in [7, 11) is 0. The number of hydrogen-bond acceptors (Lipinski definition) is 7. The molecule has 3 N–H and O–H groups in total. The molecule has 0 saturated carbocycles. The van der Waals surface area contributed by atoms with Gasteiger partial charge in [0.15, 0.2) is 11.6 Å². The normalized spacial score (nSPS) is 12.5. The molecule has 250 valence electrons. The number of rotatable bonds is 11. The fraction of sp³-hybridized carbons (Fsp3) is 0.231. The number of carbonyl (C=O) groups excluding carboxylic acids is 3. The Balaban J connectivity index is 1.27. The summed E-state index contributed by atoms with van der Waals surface area (Å²) in [6, 6.07) is 24.5. The molecule has 0 aliphatic rings. The van der Waals surface area contributed by atoms with Crippen molar-refractivity contribution >= 4 is 34.9 Å². The summed E-state index contributed by atoms with van der Waals surface area (Å²) >= 11 is 1.37. The van der Waals surface area contributed by atoms with Crippen LogP contribution < -0.4 is 10.6 Å². The first-order valence-corrected chi connectivity index (χ1v) is 16.7. The van der Waals surface area contributed by atoms with E-state index < -0.39 is 29.9 Å². The van der Waals surface area contributed by atoms with Crippen LogP contribution in [0.25, 0.3) is 33.6 Å². The first kappa shape index (κ1) is 34.8. The molecule has 2 atom stereocenters. The molecule has 0 bridgehead atoms. The second-order valence-corrected chi connectivity index (χ2v) is 14.0. The average molecular weight is 675 g/mol.